The van der Waals surface area contributed by atoms with Crippen LogP contribution in [0.3, 0.4) is 0 Å². The van der Waals surface area contributed by atoms with Crippen molar-refractivity contribution in [3.8, 4) is 0 Å². The van der Waals surface area contributed by atoms with Gasteiger partial charge in [-0.3, -0.25) is 0 Å². The molecule has 0 aromatic heterocycles. The number of carbonyl (C=O) groups is 1. The number of morpholine rings is 1. The zero-order valence-electron chi connectivity index (χ0n) is 14.1. The maximum atomic E-state index is 12.6. The highest BCUT2D eigenvalue weighted by atomic mass is 16.5. The molecular formula is C18H28N2O3. The van der Waals surface area contributed by atoms with Crippen LogP contribution in [0.1, 0.15) is 32.3 Å². The van der Waals surface area contributed by atoms with Gasteiger partial charge >= 0.3 is 6.03 Å². The van der Waals surface area contributed by atoms with Crippen LogP contribution in [-0.2, 0) is 11.2 Å². The number of benzene rings is 1. The van der Waals surface area contributed by atoms with Crippen LogP contribution in [0.4, 0.5) is 4.79 Å². The van der Waals surface area contributed by atoms with Crippen LogP contribution < -0.4 is 5.32 Å². The van der Waals surface area contributed by atoms with Gasteiger partial charge in [-0.2, -0.15) is 0 Å². The second kappa shape index (κ2) is 8.89. The summed E-state index contributed by atoms with van der Waals surface area (Å²) in [4.78, 5) is 14.3. The Morgan fingerprint density at radius 3 is 2.78 bits per heavy atom. The van der Waals surface area contributed by atoms with Crippen LogP contribution in [0.25, 0.3) is 0 Å². The Morgan fingerprint density at radius 2 is 2.13 bits per heavy atom. The molecule has 0 unspecified atom stereocenters. The molecule has 0 aliphatic carbocycles. The molecule has 2 N–H and O–H groups in total. The van der Waals surface area contributed by atoms with Crippen molar-refractivity contribution < 1.29 is 14.6 Å². The number of hydrogen-bond donors (Lipinski definition) is 2. The summed E-state index contributed by atoms with van der Waals surface area (Å²) in [6.45, 7) is 5.00. The second-order valence-corrected chi connectivity index (χ2v) is 6.28. The molecule has 1 saturated heterocycles. The second-order valence-electron chi connectivity index (χ2n) is 6.28. The first kappa shape index (κ1) is 17.8. The van der Waals surface area contributed by atoms with E-state index in [-0.39, 0.29) is 30.9 Å². The molecule has 3 atom stereocenters. The normalized spacial score (nSPS) is 22.7. The number of nitrogens with one attached hydrogen (secondary N) is 1. The summed E-state index contributed by atoms with van der Waals surface area (Å²) >= 11 is 0. The molecule has 1 aliphatic heterocycles. The first-order valence-electron chi connectivity index (χ1n) is 8.48. The molecular weight excluding hydrogens is 292 g/mol. The molecule has 1 aromatic carbocycles. The van der Waals surface area contributed by atoms with E-state index >= 15 is 0 Å². The van der Waals surface area contributed by atoms with E-state index in [0.717, 1.165) is 19.3 Å². The predicted molar refractivity (Wildman–Crippen MR) is 90.4 cm³/mol. The van der Waals surface area contributed by atoms with Crippen LogP contribution in [0.15, 0.2) is 30.3 Å². The lowest BCUT2D eigenvalue weighted by Crippen LogP contribution is -2.55. The SMILES string of the molecule is CCC[C@H](Cc1ccccc1)NC(=O)N1C[C@H](CO)O[C@H](C)C1. The Kier molecular flexibility index (Phi) is 6.86. The lowest BCUT2D eigenvalue weighted by Gasteiger charge is -2.36. The molecule has 1 aliphatic rings. The van der Waals surface area contributed by atoms with Gasteiger partial charge in [-0.05, 0) is 25.3 Å². The van der Waals surface area contributed by atoms with Crippen LogP contribution >= 0.6 is 0 Å². The predicted octanol–water partition coefficient (Wildman–Crippen LogP) is 2.19. The van der Waals surface area contributed by atoms with Crippen molar-refractivity contribution in [2.45, 2.75) is 51.4 Å². The van der Waals surface area contributed by atoms with Gasteiger partial charge in [-0.15, -0.1) is 0 Å². The van der Waals surface area contributed by atoms with Gasteiger partial charge in [0.1, 0.15) is 0 Å². The number of rotatable bonds is 6. The number of carbonyl (C=O) groups excluding carboxylic acids is 1. The minimum atomic E-state index is -0.289. The van der Waals surface area contributed by atoms with Gasteiger partial charge in [0.05, 0.1) is 25.4 Å². The van der Waals surface area contributed by atoms with Crippen LogP contribution in [-0.4, -0.2) is 54.0 Å². The van der Waals surface area contributed by atoms with E-state index in [4.69, 9.17) is 4.74 Å². The molecule has 0 spiro atoms. The van der Waals surface area contributed by atoms with Crippen LogP contribution in [0, 0.1) is 0 Å². The Hall–Kier alpha value is -1.59. The number of amides is 2. The molecule has 0 saturated carbocycles. The summed E-state index contributed by atoms with van der Waals surface area (Å²) in [6, 6.07) is 10.3. The van der Waals surface area contributed by atoms with Gasteiger partial charge in [-0.25, -0.2) is 4.79 Å². The fourth-order valence-electron chi connectivity index (χ4n) is 3.05. The number of nitrogens with zero attached hydrogens (tertiary/aromatic N) is 1. The molecule has 2 rings (SSSR count). The quantitative estimate of drug-likeness (QED) is 0.844. The summed E-state index contributed by atoms with van der Waals surface area (Å²) in [5.74, 6) is 0. The zero-order valence-corrected chi connectivity index (χ0v) is 14.1. The third kappa shape index (κ3) is 5.52. The van der Waals surface area contributed by atoms with E-state index in [2.05, 4.69) is 24.4 Å². The first-order valence-corrected chi connectivity index (χ1v) is 8.48. The Labute approximate surface area is 138 Å². The van der Waals surface area contributed by atoms with Crippen molar-refractivity contribution in [2.24, 2.45) is 0 Å². The topological polar surface area (TPSA) is 61.8 Å². The summed E-state index contributed by atoms with van der Waals surface area (Å²) in [5, 5.41) is 12.4. The molecule has 5 nitrogen and oxygen atoms in total. The van der Waals surface area contributed by atoms with Gasteiger partial charge in [0, 0.05) is 12.6 Å². The molecule has 2 amide bonds. The van der Waals surface area contributed by atoms with Gasteiger partial charge in [-0.1, -0.05) is 43.7 Å². The van der Waals surface area contributed by atoms with Crippen molar-refractivity contribution in [3.05, 3.63) is 35.9 Å². The summed E-state index contributed by atoms with van der Waals surface area (Å²) < 4.78 is 5.59. The van der Waals surface area contributed by atoms with E-state index in [9.17, 15) is 9.90 Å². The van der Waals surface area contributed by atoms with Crippen molar-refractivity contribution in [1.29, 1.82) is 0 Å². The van der Waals surface area contributed by atoms with E-state index < -0.39 is 0 Å². The van der Waals surface area contributed by atoms with Crippen molar-refractivity contribution in [2.75, 3.05) is 19.7 Å². The highest BCUT2D eigenvalue weighted by Crippen LogP contribution is 2.13. The van der Waals surface area contributed by atoms with Gasteiger partial charge in [0.25, 0.3) is 0 Å². The fraction of sp³-hybridized carbons (Fsp3) is 0.611. The van der Waals surface area contributed by atoms with E-state index in [1.807, 2.05) is 25.1 Å². The average Bonchev–Trinajstić information content (AvgIpc) is 2.55. The number of urea groups is 1. The monoisotopic (exact) mass is 320 g/mol. The molecule has 0 radical (unpaired) electrons. The van der Waals surface area contributed by atoms with E-state index in [1.54, 1.807) is 4.90 Å². The van der Waals surface area contributed by atoms with Crippen molar-refractivity contribution in [3.63, 3.8) is 0 Å². The Balaban J connectivity index is 1.94. The highest BCUT2D eigenvalue weighted by Gasteiger charge is 2.28. The fourth-order valence-corrected chi connectivity index (χ4v) is 3.05. The van der Waals surface area contributed by atoms with Crippen molar-refractivity contribution >= 4 is 6.03 Å². The van der Waals surface area contributed by atoms with Gasteiger partial charge in [0.2, 0.25) is 0 Å². The minimum absolute atomic E-state index is 0.0506. The highest BCUT2D eigenvalue weighted by molar-refractivity contribution is 5.74. The van der Waals surface area contributed by atoms with Crippen molar-refractivity contribution in [1.82, 2.24) is 10.2 Å². The summed E-state index contributed by atoms with van der Waals surface area (Å²) in [7, 11) is 0. The van der Waals surface area contributed by atoms with Crippen LogP contribution in [0.5, 0.6) is 0 Å². The molecule has 1 aromatic rings. The van der Waals surface area contributed by atoms with E-state index in [1.165, 1.54) is 5.56 Å². The number of aliphatic hydroxyl groups is 1. The Bertz CT molecular complexity index is 480. The summed E-state index contributed by atoms with van der Waals surface area (Å²) in [5.41, 5.74) is 1.23. The number of ether oxygens (including phenoxy) is 1. The zero-order chi connectivity index (χ0) is 16.7. The van der Waals surface area contributed by atoms with E-state index in [0.29, 0.717) is 13.1 Å². The molecule has 23 heavy (non-hydrogen) atoms. The Morgan fingerprint density at radius 1 is 1.39 bits per heavy atom. The lowest BCUT2D eigenvalue weighted by molar-refractivity contribution is -0.0835. The average molecular weight is 320 g/mol. The standard InChI is InChI=1S/C18H28N2O3/c1-3-7-16(10-15-8-5-4-6-9-15)19-18(22)20-11-14(2)23-17(12-20)13-21/h4-6,8-9,14,16-17,21H,3,7,10-13H2,1-2H3,(H,19,22)/t14-,16-,17-/m1/s1. The van der Waals surface area contributed by atoms with Gasteiger partial charge in [0.15, 0.2) is 0 Å². The lowest BCUT2D eigenvalue weighted by atomic mass is 10.0. The molecule has 1 heterocycles. The third-order valence-corrected chi connectivity index (χ3v) is 4.11. The first-order chi connectivity index (χ1) is 11.1. The maximum Gasteiger partial charge on any atom is 0.317 e. The minimum Gasteiger partial charge on any atom is -0.394 e. The number of aliphatic hydroxyl groups excluding tert-OH is 1. The molecule has 5 heteroatoms. The maximum absolute atomic E-state index is 12.6. The smallest absolute Gasteiger partial charge is 0.317 e. The molecule has 1 fully saturated rings. The molecule has 128 valence electrons. The van der Waals surface area contributed by atoms with Gasteiger partial charge < -0.3 is 20.1 Å². The van der Waals surface area contributed by atoms with Crippen LogP contribution in [0.2, 0.25) is 0 Å². The molecule has 0 bridgehead atoms. The summed E-state index contributed by atoms with van der Waals surface area (Å²) in [6.07, 6.45) is 2.47. The largest absolute Gasteiger partial charge is 0.394 e. The number of hydrogen-bond acceptors (Lipinski definition) is 3. The third-order valence-electron chi connectivity index (χ3n) is 4.11.